The summed E-state index contributed by atoms with van der Waals surface area (Å²) in [4.78, 5) is 3.92. The zero-order valence-electron chi connectivity index (χ0n) is 8.11. The summed E-state index contributed by atoms with van der Waals surface area (Å²) in [6, 6.07) is 5.70. The Morgan fingerprint density at radius 1 is 1.33 bits per heavy atom. The van der Waals surface area contributed by atoms with Crippen molar-refractivity contribution in [2.45, 2.75) is 13.1 Å². The molecule has 0 aliphatic carbocycles. The molecule has 4 heteroatoms. The summed E-state index contributed by atoms with van der Waals surface area (Å²) < 4.78 is 5.19. The predicted octanol–water partition coefficient (Wildman–Crippen LogP) is 2.62. The van der Waals surface area contributed by atoms with Crippen molar-refractivity contribution in [1.29, 1.82) is 0 Å². The summed E-state index contributed by atoms with van der Waals surface area (Å²) in [5, 5.41) is 3.92. The number of nitrogens with one attached hydrogen (secondary N) is 1. The molecule has 0 aliphatic heterocycles. The molecule has 0 saturated heterocycles. The number of hydrogen-bond acceptors (Lipinski definition) is 3. The van der Waals surface area contributed by atoms with Crippen LogP contribution in [-0.4, -0.2) is 4.98 Å². The summed E-state index contributed by atoms with van der Waals surface area (Å²) in [5.41, 5.74) is 1.04. The maximum atomic E-state index is 5.96. The van der Waals surface area contributed by atoms with E-state index in [-0.39, 0.29) is 0 Å². The monoisotopic (exact) mass is 222 g/mol. The third-order valence-corrected chi connectivity index (χ3v) is 2.39. The van der Waals surface area contributed by atoms with Gasteiger partial charge in [-0.3, -0.25) is 4.98 Å². The fourth-order valence-electron chi connectivity index (χ4n) is 1.28. The van der Waals surface area contributed by atoms with Crippen molar-refractivity contribution in [3.05, 3.63) is 53.2 Å². The predicted molar refractivity (Wildman–Crippen MR) is 58.5 cm³/mol. The molecule has 2 rings (SSSR count). The average molecular weight is 223 g/mol. The second kappa shape index (κ2) is 4.96. The normalized spacial score (nSPS) is 10.5. The molecule has 2 heterocycles. The van der Waals surface area contributed by atoms with Gasteiger partial charge in [0.05, 0.1) is 17.8 Å². The minimum Gasteiger partial charge on any atom is -0.468 e. The van der Waals surface area contributed by atoms with Crippen molar-refractivity contribution in [3.63, 3.8) is 0 Å². The molecule has 0 radical (unpaired) electrons. The quantitative estimate of drug-likeness (QED) is 0.864. The molecule has 0 spiro atoms. The zero-order valence-corrected chi connectivity index (χ0v) is 8.87. The standard InChI is InChI=1S/C11H11ClN2O/c12-11-8-13-4-3-9(11)6-14-7-10-2-1-5-15-10/h1-5,8,14H,6-7H2. The molecule has 3 nitrogen and oxygen atoms in total. The van der Waals surface area contributed by atoms with Crippen molar-refractivity contribution in [2.75, 3.05) is 0 Å². The topological polar surface area (TPSA) is 38.1 Å². The molecule has 0 bridgehead atoms. The summed E-state index contributed by atoms with van der Waals surface area (Å²) in [6.45, 7) is 1.41. The summed E-state index contributed by atoms with van der Waals surface area (Å²) in [6.07, 6.45) is 5.04. The van der Waals surface area contributed by atoms with Crippen LogP contribution in [0.3, 0.4) is 0 Å². The van der Waals surface area contributed by atoms with Crippen molar-refractivity contribution >= 4 is 11.6 Å². The van der Waals surface area contributed by atoms with E-state index in [9.17, 15) is 0 Å². The van der Waals surface area contributed by atoms with E-state index in [4.69, 9.17) is 16.0 Å². The first-order valence-corrected chi connectivity index (χ1v) is 5.05. The van der Waals surface area contributed by atoms with Crippen LogP contribution in [0.25, 0.3) is 0 Å². The van der Waals surface area contributed by atoms with E-state index in [1.165, 1.54) is 0 Å². The van der Waals surface area contributed by atoms with Crippen LogP contribution in [0.4, 0.5) is 0 Å². The Morgan fingerprint density at radius 2 is 2.27 bits per heavy atom. The van der Waals surface area contributed by atoms with Crippen LogP contribution in [0, 0.1) is 0 Å². The van der Waals surface area contributed by atoms with Crippen LogP contribution in [0.1, 0.15) is 11.3 Å². The van der Waals surface area contributed by atoms with Crippen LogP contribution in [-0.2, 0) is 13.1 Å². The molecule has 0 saturated carbocycles. The van der Waals surface area contributed by atoms with E-state index in [2.05, 4.69) is 10.3 Å². The molecule has 0 fully saturated rings. The third kappa shape index (κ3) is 2.81. The minimum atomic E-state index is 0.685. The molecule has 0 aromatic carbocycles. The fraction of sp³-hybridized carbons (Fsp3) is 0.182. The van der Waals surface area contributed by atoms with Gasteiger partial charge in [0.15, 0.2) is 0 Å². The maximum absolute atomic E-state index is 5.96. The molecule has 0 aliphatic rings. The summed E-state index contributed by atoms with van der Waals surface area (Å²) in [7, 11) is 0. The second-order valence-electron chi connectivity index (χ2n) is 3.15. The van der Waals surface area contributed by atoms with Gasteiger partial charge in [-0.1, -0.05) is 11.6 Å². The highest BCUT2D eigenvalue weighted by Gasteiger charge is 1.99. The highest BCUT2D eigenvalue weighted by atomic mass is 35.5. The van der Waals surface area contributed by atoms with Crippen LogP contribution in [0.15, 0.2) is 41.3 Å². The number of halogens is 1. The van der Waals surface area contributed by atoms with Gasteiger partial charge in [-0.05, 0) is 23.8 Å². The largest absolute Gasteiger partial charge is 0.468 e. The highest BCUT2D eigenvalue weighted by Crippen LogP contribution is 2.12. The lowest BCUT2D eigenvalue weighted by Gasteiger charge is -2.04. The molecule has 0 amide bonds. The summed E-state index contributed by atoms with van der Waals surface area (Å²) >= 11 is 5.96. The Hall–Kier alpha value is -1.32. The average Bonchev–Trinajstić information content (AvgIpc) is 2.74. The van der Waals surface area contributed by atoms with Gasteiger partial charge in [-0.2, -0.15) is 0 Å². The van der Waals surface area contributed by atoms with Gasteiger partial charge in [0.25, 0.3) is 0 Å². The first kappa shape index (κ1) is 10.2. The Labute approximate surface area is 93.1 Å². The number of hydrogen-bond donors (Lipinski definition) is 1. The second-order valence-corrected chi connectivity index (χ2v) is 3.56. The molecular weight excluding hydrogens is 212 g/mol. The SMILES string of the molecule is Clc1cnccc1CNCc1ccco1. The zero-order chi connectivity index (χ0) is 10.5. The van der Waals surface area contributed by atoms with Crippen LogP contribution in [0.5, 0.6) is 0 Å². The number of pyridine rings is 1. The number of furan rings is 1. The smallest absolute Gasteiger partial charge is 0.117 e. The summed E-state index contributed by atoms with van der Waals surface area (Å²) in [5.74, 6) is 0.917. The van der Waals surface area contributed by atoms with Crippen molar-refractivity contribution in [3.8, 4) is 0 Å². The number of nitrogens with zero attached hydrogens (tertiary/aromatic N) is 1. The Balaban J connectivity index is 1.86. The van der Waals surface area contributed by atoms with E-state index < -0.39 is 0 Å². The van der Waals surface area contributed by atoms with Crippen LogP contribution < -0.4 is 5.32 Å². The molecule has 15 heavy (non-hydrogen) atoms. The van der Waals surface area contributed by atoms with Gasteiger partial charge >= 0.3 is 0 Å². The number of aromatic nitrogens is 1. The Bertz CT molecular complexity index is 414. The third-order valence-electron chi connectivity index (χ3n) is 2.05. The Kier molecular flexibility index (Phi) is 3.37. The molecular formula is C11H11ClN2O. The molecule has 1 N–H and O–H groups in total. The van der Waals surface area contributed by atoms with Gasteiger partial charge in [-0.25, -0.2) is 0 Å². The first-order chi connectivity index (χ1) is 7.36. The molecule has 78 valence electrons. The molecule has 0 unspecified atom stereocenters. The first-order valence-electron chi connectivity index (χ1n) is 4.68. The van der Waals surface area contributed by atoms with E-state index >= 15 is 0 Å². The highest BCUT2D eigenvalue weighted by molar-refractivity contribution is 6.31. The fourth-order valence-corrected chi connectivity index (χ4v) is 1.47. The van der Waals surface area contributed by atoms with Gasteiger partial charge in [0, 0.05) is 18.9 Å². The van der Waals surface area contributed by atoms with Gasteiger partial charge in [-0.15, -0.1) is 0 Å². The lowest BCUT2D eigenvalue weighted by Crippen LogP contribution is -2.12. The van der Waals surface area contributed by atoms with Gasteiger partial charge < -0.3 is 9.73 Å². The molecule has 2 aromatic rings. The van der Waals surface area contributed by atoms with Crippen LogP contribution in [0.2, 0.25) is 5.02 Å². The van der Waals surface area contributed by atoms with Crippen LogP contribution >= 0.6 is 11.6 Å². The van der Waals surface area contributed by atoms with Crippen molar-refractivity contribution < 1.29 is 4.42 Å². The van der Waals surface area contributed by atoms with Crippen molar-refractivity contribution in [2.24, 2.45) is 0 Å². The minimum absolute atomic E-state index is 0.685. The van der Waals surface area contributed by atoms with E-state index in [1.807, 2.05) is 18.2 Å². The van der Waals surface area contributed by atoms with Gasteiger partial charge in [0.1, 0.15) is 5.76 Å². The van der Waals surface area contributed by atoms with E-state index in [1.54, 1.807) is 18.7 Å². The van der Waals surface area contributed by atoms with Crippen molar-refractivity contribution in [1.82, 2.24) is 10.3 Å². The number of rotatable bonds is 4. The Morgan fingerprint density at radius 3 is 3.00 bits per heavy atom. The lowest BCUT2D eigenvalue weighted by atomic mass is 10.2. The molecule has 0 atom stereocenters. The van der Waals surface area contributed by atoms with E-state index in [0.717, 1.165) is 11.3 Å². The van der Waals surface area contributed by atoms with Gasteiger partial charge in [0.2, 0.25) is 0 Å². The van der Waals surface area contributed by atoms with E-state index in [0.29, 0.717) is 18.1 Å². The lowest BCUT2D eigenvalue weighted by molar-refractivity contribution is 0.483. The maximum Gasteiger partial charge on any atom is 0.117 e. The molecule has 2 aromatic heterocycles.